The highest BCUT2D eigenvalue weighted by Crippen LogP contribution is 2.10. The smallest absolute Gasteiger partial charge is 0.191 e. The van der Waals surface area contributed by atoms with Crippen molar-refractivity contribution in [3.63, 3.8) is 0 Å². The number of benzene rings is 1. The summed E-state index contributed by atoms with van der Waals surface area (Å²) in [5.74, 6) is 0.987. The van der Waals surface area contributed by atoms with Crippen LogP contribution in [0.15, 0.2) is 23.2 Å². The highest BCUT2D eigenvalue weighted by atomic mass is 19.1. The predicted molar refractivity (Wildman–Crippen MR) is 80.0 cm³/mol. The van der Waals surface area contributed by atoms with Crippen LogP contribution in [0.1, 0.15) is 31.4 Å². The topological polar surface area (TPSA) is 56.7 Å². The molecule has 5 heteroatoms. The van der Waals surface area contributed by atoms with Crippen LogP contribution >= 0.6 is 0 Å². The lowest BCUT2D eigenvalue weighted by Crippen LogP contribution is -2.37. The van der Waals surface area contributed by atoms with Gasteiger partial charge in [-0.1, -0.05) is 19.9 Å². The van der Waals surface area contributed by atoms with Crippen LogP contribution in [0.5, 0.6) is 0 Å². The monoisotopic (exact) mass is 281 g/mol. The second kappa shape index (κ2) is 8.53. The zero-order valence-electron chi connectivity index (χ0n) is 12.4. The summed E-state index contributed by atoms with van der Waals surface area (Å²) in [6, 6.07) is 4.73. The van der Waals surface area contributed by atoms with Gasteiger partial charge in [-0.15, -0.1) is 0 Å². The molecule has 0 heterocycles. The van der Waals surface area contributed by atoms with E-state index >= 15 is 0 Å². The Balaban J connectivity index is 2.48. The van der Waals surface area contributed by atoms with Gasteiger partial charge in [-0.3, -0.25) is 4.99 Å². The molecule has 1 rings (SSSR count). The molecule has 0 radical (unpaired) electrons. The van der Waals surface area contributed by atoms with Crippen LogP contribution in [0.3, 0.4) is 0 Å². The van der Waals surface area contributed by atoms with Gasteiger partial charge in [0.1, 0.15) is 5.82 Å². The van der Waals surface area contributed by atoms with Crippen LogP contribution in [-0.4, -0.2) is 24.7 Å². The Labute approximate surface area is 120 Å². The maximum Gasteiger partial charge on any atom is 0.191 e. The second-order valence-corrected chi connectivity index (χ2v) is 5.12. The summed E-state index contributed by atoms with van der Waals surface area (Å²) in [4.78, 5) is 4.13. The molecule has 1 aromatic carbocycles. The zero-order chi connectivity index (χ0) is 15.0. The molecule has 0 amide bonds. The average molecular weight is 281 g/mol. The van der Waals surface area contributed by atoms with Gasteiger partial charge in [-0.05, 0) is 30.0 Å². The van der Waals surface area contributed by atoms with Crippen molar-refractivity contribution < 1.29 is 9.50 Å². The molecule has 0 aliphatic rings. The molecule has 4 nitrogen and oxygen atoms in total. The molecular weight excluding hydrogens is 257 g/mol. The molecule has 0 atom stereocenters. The van der Waals surface area contributed by atoms with Gasteiger partial charge in [0.05, 0.1) is 6.61 Å². The van der Waals surface area contributed by atoms with Crippen molar-refractivity contribution in [2.75, 3.05) is 13.6 Å². The molecule has 0 aromatic heterocycles. The van der Waals surface area contributed by atoms with Crippen LogP contribution in [0.25, 0.3) is 0 Å². The van der Waals surface area contributed by atoms with Gasteiger partial charge in [-0.2, -0.15) is 0 Å². The number of aliphatic imine (C=N–C) groups is 1. The second-order valence-electron chi connectivity index (χ2n) is 5.12. The van der Waals surface area contributed by atoms with E-state index in [0.717, 1.165) is 24.5 Å². The Morgan fingerprint density at radius 1 is 1.35 bits per heavy atom. The van der Waals surface area contributed by atoms with Gasteiger partial charge < -0.3 is 15.7 Å². The van der Waals surface area contributed by atoms with Gasteiger partial charge in [0.25, 0.3) is 0 Å². The molecule has 0 saturated heterocycles. The van der Waals surface area contributed by atoms with Crippen LogP contribution in [0.4, 0.5) is 4.39 Å². The molecule has 112 valence electrons. The summed E-state index contributed by atoms with van der Waals surface area (Å²) < 4.78 is 13.3. The normalized spacial score (nSPS) is 11.8. The molecular formula is C15H24FN3O. The summed E-state index contributed by atoms with van der Waals surface area (Å²) >= 11 is 0. The van der Waals surface area contributed by atoms with Crippen LogP contribution in [-0.2, 0) is 13.2 Å². The van der Waals surface area contributed by atoms with E-state index in [2.05, 4.69) is 29.5 Å². The lowest BCUT2D eigenvalue weighted by Gasteiger charge is -2.13. The first-order valence-corrected chi connectivity index (χ1v) is 6.89. The number of halogens is 1. The van der Waals surface area contributed by atoms with Crippen molar-refractivity contribution in [3.05, 3.63) is 35.1 Å². The number of nitrogens with one attached hydrogen (secondary N) is 2. The summed E-state index contributed by atoms with van der Waals surface area (Å²) in [7, 11) is 1.72. The summed E-state index contributed by atoms with van der Waals surface area (Å²) in [6.45, 7) is 5.46. The highest BCUT2D eigenvalue weighted by Gasteiger charge is 2.04. The zero-order valence-corrected chi connectivity index (χ0v) is 12.4. The fraction of sp³-hybridized carbons (Fsp3) is 0.533. The SMILES string of the molecule is CN=C(NCCC(C)C)NCc1ccc(F)c(CO)c1. The van der Waals surface area contributed by atoms with Crippen molar-refractivity contribution in [2.24, 2.45) is 10.9 Å². The van der Waals surface area contributed by atoms with Gasteiger partial charge in [0.15, 0.2) is 5.96 Å². The van der Waals surface area contributed by atoms with E-state index in [9.17, 15) is 4.39 Å². The van der Waals surface area contributed by atoms with Crippen LogP contribution in [0.2, 0.25) is 0 Å². The minimum atomic E-state index is -0.379. The summed E-state index contributed by atoms with van der Waals surface area (Å²) in [5, 5.41) is 15.4. The average Bonchev–Trinajstić information content (AvgIpc) is 2.43. The van der Waals surface area contributed by atoms with Crippen LogP contribution < -0.4 is 10.6 Å². The minimum Gasteiger partial charge on any atom is -0.392 e. The van der Waals surface area contributed by atoms with E-state index in [1.807, 2.05) is 0 Å². The van der Waals surface area contributed by atoms with E-state index in [4.69, 9.17) is 5.11 Å². The summed E-state index contributed by atoms with van der Waals surface area (Å²) in [5.41, 5.74) is 1.22. The third-order valence-electron chi connectivity index (χ3n) is 2.98. The first-order chi connectivity index (χ1) is 9.56. The lowest BCUT2D eigenvalue weighted by molar-refractivity contribution is 0.275. The number of nitrogens with zero attached hydrogens (tertiary/aromatic N) is 1. The minimum absolute atomic E-state index is 0.291. The molecule has 0 aliphatic carbocycles. The highest BCUT2D eigenvalue weighted by molar-refractivity contribution is 5.79. The predicted octanol–water partition coefficient (Wildman–Crippen LogP) is 2.03. The maximum absolute atomic E-state index is 13.3. The van der Waals surface area contributed by atoms with E-state index < -0.39 is 0 Å². The molecule has 0 aliphatic heterocycles. The Kier molecular flexibility index (Phi) is 7.01. The number of aliphatic hydroxyl groups is 1. The number of hydrogen-bond acceptors (Lipinski definition) is 2. The van der Waals surface area contributed by atoms with Gasteiger partial charge in [0.2, 0.25) is 0 Å². The van der Waals surface area contributed by atoms with Gasteiger partial charge >= 0.3 is 0 Å². The Morgan fingerprint density at radius 2 is 2.10 bits per heavy atom. The third kappa shape index (κ3) is 5.57. The first-order valence-electron chi connectivity index (χ1n) is 6.89. The molecule has 0 fully saturated rings. The van der Waals surface area contributed by atoms with E-state index in [-0.39, 0.29) is 12.4 Å². The standard InChI is InChI=1S/C15H24FN3O/c1-11(2)6-7-18-15(17-3)19-9-12-4-5-14(16)13(8-12)10-20/h4-5,8,11,20H,6-7,9-10H2,1-3H3,(H2,17,18,19). The van der Waals surface area contributed by atoms with Crippen molar-refractivity contribution >= 4 is 5.96 Å². The molecule has 0 saturated carbocycles. The molecule has 0 bridgehead atoms. The van der Waals surface area contributed by atoms with E-state index in [1.165, 1.54) is 6.07 Å². The molecule has 20 heavy (non-hydrogen) atoms. The Hall–Kier alpha value is -1.62. The third-order valence-corrected chi connectivity index (χ3v) is 2.98. The van der Waals surface area contributed by atoms with E-state index in [0.29, 0.717) is 18.0 Å². The van der Waals surface area contributed by atoms with Crippen molar-refractivity contribution in [2.45, 2.75) is 33.4 Å². The van der Waals surface area contributed by atoms with Crippen molar-refractivity contribution in [3.8, 4) is 0 Å². The fourth-order valence-electron chi connectivity index (χ4n) is 1.74. The first kappa shape index (κ1) is 16.4. The molecule has 0 spiro atoms. The Bertz CT molecular complexity index is 447. The summed E-state index contributed by atoms with van der Waals surface area (Å²) in [6.07, 6.45) is 1.08. The van der Waals surface area contributed by atoms with Crippen molar-refractivity contribution in [1.29, 1.82) is 0 Å². The largest absolute Gasteiger partial charge is 0.392 e. The van der Waals surface area contributed by atoms with E-state index in [1.54, 1.807) is 19.2 Å². The molecule has 1 aromatic rings. The quantitative estimate of drug-likeness (QED) is 0.552. The molecule has 0 unspecified atom stereocenters. The van der Waals surface area contributed by atoms with Crippen LogP contribution in [0, 0.1) is 11.7 Å². The maximum atomic E-state index is 13.3. The Morgan fingerprint density at radius 3 is 2.70 bits per heavy atom. The number of hydrogen-bond donors (Lipinski definition) is 3. The molecule has 3 N–H and O–H groups in total. The van der Waals surface area contributed by atoms with Crippen molar-refractivity contribution in [1.82, 2.24) is 10.6 Å². The number of guanidine groups is 1. The fourth-order valence-corrected chi connectivity index (χ4v) is 1.74. The number of rotatable bonds is 6. The van der Waals surface area contributed by atoms with Gasteiger partial charge in [0, 0.05) is 25.7 Å². The van der Waals surface area contributed by atoms with Gasteiger partial charge in [-0.25, -0.2) is 4.39 Å². The number of aliphatic hydroxyl groups excluding tert-OH is 1. The lowest BCUT2D eigenvalue weighted by atomic mass is 10.1.